The summed E-state index contributed by atoms with van der Waals surface area (Å²) in [5, 5.41) is 0. The molecule has 4 nitrogen and oxygen atoms in total. The highest BCUT2D eigenvalue weighted by molar-refractivity contribution is 5.75. The number of nitrogens with zero attached hydrogens (tertiary/aromatic N) is 3. The molecule has 1 aliphatic heterocycles. The maximum atomic E-state index is 13.2. The van der Waals surface area contributed by atoms with Gasteiger partial charge in [-0.15, -0.1) is 0 Å². The summed E-state index contributed by atoms with van der Waals surface area (Å²) < 4.78 is 86.1. The molecule has 182 valence electrons. The molecule has 2 aliphatic rings. The van der Waals surface area contributed by atoms with Gasteiger partial charge in [0.2, 0.25) is 0 Å². The standard InChI is InChI=1S/C24H23F6N3O/c1-32-21-5-3-2-4-20(21)31-22(32)11-33-9-16-17(10-33)18(16)13-34-12-14-8-15(23(25,26)27)6-7-19(14)24(28,29)30/h2-8,16-18H,9-13H2,1H3. The van der Waals surface area contributed by atoms with Gasteiger partial charge in [0.05, 0.1) is 41.9 Å². The first-order valence-electron chi connectivity index (χ1n) is 11.0. The lowest BCUT2D eigenvalue weighted by Crippen LogP contribution is -2.26. The second-order valence-electron chi connectivity index (χ2n) is 9.14. The van der Waals surface area contributed by atoms with E-state index < -0.39 is 35.6 Å². The lowest BCUT2D eigenvalue weighted by molar-refractivity contribution is -0.142. The van der Waals surface area contributed by atoms with Gasteiger partial charge < -0.3 is 9.30 Å². The average Bonchev–Trinajstić information content (AvgIpc) is 3.08. The highest BCUT2D eigenvalue weighted by Gasteiger charge is 2.55. The molecular formula is C24H23F6N3O. The Balaban J connectivity index is 1.16. The molecule has 10 heteroatoms. The van der Waals surface area contributed by atoms with Crippen LogP contribution in [-0.4, -0.2) is 34.1 Å². The van der Waals surface area contributed by atoms with Gasteiger partial charge in [0.25, 0.3) is 0 Å². The molecule has 1 saturated carbocycles. The Bertz CT molecular complexity index is 1190. The van der Waals surface area contributed by atoms with Crippen LogP contribution in [0.15, 0.2) is 42.5 Å². The van der Waals surface area contributed by atoms with Gasteiger partial charge in [0.1, 0.15) is 5.82 Å². The molecule has 2 aromatic carbocycles. The zero-order valence-corrected chi connectivity index (χ0v) is 18.3. The summed E-state index contributed by atoms with van der Waals surface area (Å²) in [5.41, 5.74) is -0.675. The second-order valence-corrected chi connectivity index (χ2v) is 9.14. The smallest absolute Gasteiger partial charge is 0.376 e. The minimum Gasteiger partial charge on any atom is -0.376 e. The summed E-state index contributed by atoms with van der Waals surface area (Å²) >= 11 is 0. The van der Waals surface area contributed by atoms with E-state index >= 15 is 0 Å². The highest BCUT2D eigenvalue weighted by Crippen LogP contribution is 2.52. The third-order valence-corrected chi connectivity index (χ3v) is 7.00. The fourth-order valence-corrected chi connectivity index (χ4v) is 5.12. The molecule has 1 saturated heterocycles. The number of hydrogen-bond donors (Lipinski definition) is 0. The molecule has 34 heavy (non-hydrogen) atoms. The van der Waals surface area contributed by atoms with Gasteiger partial charge in [-0.05, 0) is 53.6 Å². The first kappa shape index (κ1) is 23.2. The highest BCUT2D eigenvalue weighted by atomic mass is 19.4. The molecule has 2 unspecified atom stereocenters. The van der Waals surface area contributed by atoms with E-state index in [2.05, 4.69) is 9.47 Å². The number of fused-ring (bicyclic) bond motifs is 2. The van der Waals surface area contributed by atoms with Crippen LogP contribution in [0.25, 0.3) is 11.0 Å². The summed E-state index contributed by atoms with van der Waals surface area (Å²) in [4.78, 5) is 7.00. The summed E-state index contributed by atoms with van der Waals surface area (Å²) in [6, 6.07) is 9.39. The Labute approximate surface area is 192 Å². The number of aromatic nitrogens is 2. The minimum absolute atomic E-state index is 0.219. The predicted molar refractivity (Wildman–Crippen MR) is 113 cm³/mol. The van der Waals surface area contributed by atoms with E-state index in [0.717, 1.165) is 29.9 Å². The number of imidazole rings is 1. The maximum Gasteiger partial charge on any atom is 0.416 e. The molecule has 0 radical (unpaired) electrons. The van der Waals surface area contributed by atoms with Crippen LogP contribution in [0.5, 0.6) is 0 Å². The van der Waals surface area contributed by atoms with Crippen LogP contribution in [0.2, 0.25) is 0 Å². The van der Waals surface area contributed by atoms with E-state index in [1.807, 2.05) is 31.3 Å². The van der Waals surface area contributed by atoms with Crippen LogP contribution >= 0.6 is 0 Å². The zero-order valence-electron chi connectivity index (χ0n) is 18.3. The number of likely N-dealkylation sites (tertiary alicyclic amines) is 1. The Kier molecular flexibility index (Phi) is 5.63. The summed E-state index contributed by atoms with van der Waals surface area (Å²) in [5.74, 6) is 1.97. The van der Waals surface area contributed by atoms with Crippen LogP contribution in [0.1, 0.15) is 22.5 Å². The van der Waals surface area contributed by atoms with Crippen molar-refractivity contribution in [1.29, 1.82) is 0 Å². The van der Waals surface area contributed by atoms with Crippen LogP contribution in [-0.2, 0) is 37.3 Å². The molecule has 0 amide bonds. The van der Waals surface area contributed by atoms with Gasteiger partial charge >= 0.3 is 12.4 Å². The lowest BCUT2D eigenvalue weighted by Gasteiger charge is -2.19. The normalized spacial score (nSPS) is 23.0. The molecule has 1 aromatic heterocycles. The Morgan fingerprint density at radius 1 is 0.971 bits per heavy atom. The third kappa shape index (κ3) is 4.40. The molecule has 2 atom stereocenters. The van der Waals surface area contributed by atoms with E-state index in [9.17, 15) is 26.3 Å². The number of aryl methyl sites for hydroxylation is 1. The molecule has 1 aliphatic carbocycles. The van der Waals surface area contributed by atoms with Crippen LogP contribution in [0.3, 0.4) is 0 Å². The third-order valence-electron chi connectivity index (χ3n) is 7.00. The Morgan fingerprint density at radius 2 is 1.68 bits per heavy atom. The number of hydrogen-bond acceptors (Lipinski definition) is 3. The van der Waals surface area contributed by atoms with E-state index in [4.69, 9.17) is 9.72 Å². The van der Waals surface area contributed by atoms with Crippen molar-refractivity contribution in [2.75, 3.05) is 19.7 Å². The number of rotatable bonds is 6. The van der Waals surface area contributed by atoms with Crippen molar-refractivity contribution in [3.8, 4) is 0 Å². The average molecular weight is 483 g/mol. The Hall–Kier alpha value is -2.59. The van der Waals surface area contributed by atoms with Crippen molar-refractivity contribution in [3.05, 3.63) is 65.0 Å². The maximum absolute atomic E-state index is 13.2. The molecule has 0 spiro atoms. The zero-order chi connectivity index (χ0) is 24.3. The molecule has 0 bridgehead atoms. The quantitative estimate of drug-likeness (QED) is 0.434. The number of piperidine rings is 1. The van der Waals surface area contributed by atoms with Gasteiger partial charge in [-0.25, -0.2) is 4.98 Å². The summed E-state index contributed by atoms with van der Waals surface area (Å²) in [7, 11) is 1.99. The fourth-order valence-electron chi connectivity index (χ4n) is 5.12. The Morgan fingerprint density at radius 3 is 2.32 bits per heavy atom. The van der Waals surface area contributed by atoms with Crippen molar-refractivity contribution < 1.29 is 31.1 Å². The molecule has 2 fully saturated rings. The summed E-state index contributed by atoms with van der Waals surface area (Å²) in [6.07, 6.45) is -9.45. The van der Waals surface area contributed by atoms with E-state index in [1.165, 1.54) is 0 Å². The van der Waals surface area contributed by atoms with Crippen LogP contribution in [0.4, 0.5) is 26.3 Å². The number of benzene rings is 2. The predicted octanol–water partition coefficient (Wildman–Crippen LogP) is 5.51. The van der Waals surface area contributed by atoms with Gasteiger partial charge in [-0.1, -0.05) is 12.1 Å². The molecular weight excluding hydrogens is 460 g/mol. The lowest BCUT2D eigenvalue weighted by atomic mass is 10.0. The minimum atomic E-state index is -4.74. The number of para-hydroxylation sites is 2. The van der Waals surface area contributed by atoms with Gasteiger partial charge in [0, 0.05) is 20.1 Å². The van der Waals surface area contributed by atoms with Crippen LogP contribution < -0.4 is 0 Å². The van der Waals surface area contributed by atoms with Crippen LogP contribution in [0, 0.1) is 17.8 Å². The van der Waals surface area contributed by atoms with E-state index in [1.54, 1.807) is 0 Å². The van der Waals surface area contributed by atoms with Gasteiger partial charge in [-0.3, -0.25) is 4.90 Å². The molecule has 5 rings (SSSR count). The van der Waals surface area contributed by atoms with Crippen molar-refractivity contribution in [2.24, 2.45) is 24.8 Å². The van der Waals surface area contributed by atoms with E-state index in [-0.39, 0.29) is 12.5 Å². The van der Waals surface area contributed by atoms with Crippen molar-refractivity contribution in [1.82, 2.24) is 14.5 Å². The number of alkyl halides is 6. The number of halogens is 6. The van der Waals surface area contributed by atoms with Crippen molar-refractivity contribution in [3.63, 3.8) is 0 Å². The monoisotopic (exact) mass is 483 g/mol. The molecule has 2 heterocycles. The summed E-state index contributed by atoms with van der Waals surface area (Å²) in [6.45, 7) is 2.14. The largest absolute Gasteiger partial charge is 0.416 e. The van der Waals surface area contributed by atoms with Crippen molar-refractivity contribution >= 4 is 11.0 Å². The van der Waals surface area contributed by atoms with Gasteiger partial charge in [-0.2, -0.15) is 26.3 Å². The fraction of sp³-hybridized carbons (Fsp3) is 0.458. The molecule has 3 aromatic rings. The SMILES string of the molecule is Cn1c(CN2CC3C(COCc4cc(C(F)(F)F)ccc4C(F)(F)F)C3C2)nc2ccccc21. The topological polar surface area (TPSA) is 30.3 Å². The van der Waals surface area contributed by atoms with E-state index in [0.29, 0.717) is 36.6 Å². The first-order chi connectivity index (χ1) is 16.0. The first-order valence-corrected chi connectivity index (χ1v) is 11.0. The van der Waals surface area contributed by atoms with Gasteiger partial charge in [0.15, 0.2) is 0 Å². The molecule has 0 N–H and O–H groups in total. The second kappa shape index (κ2) is 8.27. The van der Waals surface area contributed by atoms with Crippen molar-refractivity contribution in [2.45, 2.75) is 25.5 Å². The number of ether oxygens (including phenoxy) is 1.